The van der Waals surface area contributed by atoms with E-state index in [2.05, 4.69) is 29.6 Å². The molecule has 0 unspecified atom stereocenters. The summed E-state index contributed by atoms with van der Waals surface area (Å²) in [6.45, 7) is 3.15. The number of carbonyl (C=O) groups excluding carboxylic acids is 2. The molecule has 0 aromatic heterocycles. The van der Waals surface area contributed by atoms with Crippen LogP contribution in [0.5, 0.6) is 5.75 Å². The zero-order chi connectivity index (χ0) is 28.0. The molecule has 0 fully saturated rings. The first-order valence-corrected chi connectivity index (χ1v) is 14.6. The molecule has 0 atom stereocenters. The second-order valence-electron chi connectivity index (χ2n) is 9.50. The summed E-state index contributed by atoms with van der Waals surface area (Å²) in [6, 6.07) is 36.1. The normalized spacial score (nSPS) is 10.6. The molecule has 4 rings (SSSR count). The summed E-state index contributed by atoms with van der Waals surface area (Å²) in [4.78, 5) is 28.9. The molecule has 4 aromatic rings. The van der Waals surface area contributed by atoms with Crippen molar-refractivity contribution >= 4 is 29.4 Å². The van der Waals surface area contributed by atoms with E-state index in [-0.39, 0.29) is 12.0 Å². The Kier molecular flexibility index (Phi) is 11.2. The molecule has 40 heavy (non-hydrogen) atoms. The van der Waals surface area contributed by atoms with E-state index in [9.17, 15) is 9.59 Å². The van der Waals surface area contributed by atoms with Gasteiger partial charge in [0, 0.05) is 35.0 Å². The predicted octanol–water partition coefficient (Wildman–Crippen LogP) is 7.93. The molecule has 4 aromatic carbocycles. The Hall–Kier alpha value is -4.03. The maximum Gasteiger partial charge on any atom is 0.321 e. The minimum Gasteiger partial charge on any atom is -0.427 e. The highest BCUT2D eigenvalue weighted by Crippen LogP contribution is 2.30. The van der Waals surface area contributed by atoms with Gasteiger partial charge in [0.1, 0.15) is 5.75 Å². The number of nitrogens with one attached hydrogen (secondary N) is 1. The zero-order valence-corrected chi connectivity index (χ0v) is 23.7. The Morgan fingerprint density at radius 1 is 0.750 bits per heavy atom. The van der Waals surface area contributed by atoms with Crippen molar-refractivity contribution in [3.63, 3.8) is 0 Å². The van der Waals surface area contributed by atoms with Crippen LogP contribution in [0, 0.1) is 0 Å². The molecule has 0 saturated heterocycles. The number of aryl methyl sites for hydroxylation is 1. The van der Waals surface area contributed by atoms with Crippen LogP contribution in [0.25, 0.3) is 0 Å². The zero-order valence-electron chi connectivity index (χ0n) is 22.9. The summed E-state index contributed by atoms with van der Waals surface area (Å²) in [5.41, 5.74) is 3.34. The fourth-order valence-electron chi connectivity index (χ4n) is 4.28. The van der Waals surface area contributed by atoms with Gasteiger partial charge in [-0.15, -0.1) is 0 Å². The van der Waals surface area contributed by atoms with Gasteiger partial charge in [0.15, 0.2) is 0 Å². The van der Waals surface area contributed by atoms with Crippen LogP contribution in [0.4, 0.5) is 10.5 Å². The van der Waals surface area contributed by atoms with E-state index in [4.69, 9.17) is 4.74 Å². The number of ether oxygens (including phenoxy) is 1. The van der Waals surface area contributed by atoms with E-state index in [0.717, 1.165) is 41.2 Å². The maximum atomic E-state index is 13.3. The predicted molar refractivity (Wildman–Crippen MR) is 163 cm³/mol. The van der Waals surface area contributed by atoms with Gasteiger partial charge in [-0.3, -0.25) is 9.69 Å². The van der Waals surface area contributed by atoms with Crippen molar-refractivity contribution in [2.24, 2.45) is 0 Å². The number of esters is 1. The van der Waals surface area contributed by atoms with Crippen molar-refractivity contribution in [3.05, 3.63) is 120 Å². The van der Waals surface area contributed by atoms with Crippen molar-refractivity contribution in [1.82, 2.24) is 5.32 Å². The Morgan fingerprint density at radius 3 is 1.93 bits per heavy atom. The van der Waals surface area contributed by atoms with E-state index in [0.29, 0.717) is 25.3 Å². The number of amides is 2. The standard InChI is InChI=1S/C34H36N2O3S/c1-2-10-33(37)39-30-18-22-32(23-19-30)40-31-20-16-29(17-21-31)36(26-9-15-27-11-5-3-6-12-27)34(38)35-25-24-28-13-7-4-8-14-28/h3-8,11-14,16-23H,2,9-10,15,24-26H2,1H3,(H,35,38). The largest absolute Gasteiger partial charge is 0.427 e. The lowest BCUT2D eigenvalue weighted by Gasteiger charge is -2.24. The first-order chi connectivity index (χ1) is 19.6. The van der Waals surface area contributed by atoms with E-state index in [1.54, 1.807) is 11.8 Å². The molecule has 2 amide bonds. The van der Waals surface area contributed by atoms with Gasteiger partial charge in [-0.25, -0.2) is 4.79 Å². The minimum atomic E-state index is -0.212. The first-order valence-electron chi connectivity index (χ1n) is 13.8. The molecule has 6 heteroatoms. The van der Waals surface area contributed by atoms with Gasteiger partial charge in [0.2, 0.25) is 0 Å². The average molecular weight is 553 g/mol. The van der Waals surface area contributed by atoms with Gasteiger partial charge < -0.3 is 10.1 Å². The molecule has 0 saturated carbocycles. The SMILES string of the molecule is CCCC(=O)Oc1ccc(Sc2ccc(N(CCCc3ccccc3)C(=O)NCCc3ccccc3)cc2)cc1. The fraction of sp³-hybridized carbons (Fsp3) is 0.235. The van der Waals surface area contributed by atoms with Crippen LogP contribution < -0.4 is 15.0 Å². The molecule has 5 nitrogen and oxygen atoms in total. The lowest BCUT2D eigenvalue weighted by atomic mass is 10.1. The van der Waals surface area contributed by atoms with Crippen LogP contribution in [0.15, 0.2) is 119 Å². The third kappa shape index (κ3) is 9.31. The number of urea groups is 1. The first kappa shape index (κ1) is 29.0. The highest BCUT2D eigenvalue weighted by atomic mass is 32.2. The second-order valence-corrected chi connectivity index (χ2v) is 10.6. The summed E-state index contributed by atoms with van der Waals surface area (Å²) in [5, 5.41) is 3.11. The molecule has 0 aliphatic rings. The van der Waals surface area contributed by atoms with Gasteiger partial charge in [-0.1, -0.05) is 79.3 Å². The van der Waals surface area contributed by atoms with Gasteiger partial charge >= 0.3 is 12.0 Å². The van der Waals surface area contributed by atoms with Crippen LogP contribution in [0.1, 0.15) is 37.3 Å². The van der Waals surface area contributed by atoms with E-state index in [1.165, 1.54) is 11.1 Å². The molecule has 0 bridgehead atoms. The maximum absolute atomic E-state index is 13.3. The molecule has 0 heterocycles. The molecular weight excluding hydrogens is 516 g/mol. The molecule has 0 aliphatic heterocycles. The smallest absolute Gasteiger partial charge is 0.321 e. The van der Waals surface area contributed by atoms with Gasteiger partial charge in [0.25, 0.3) is 0 Å². The lowest BCUT2D eigenvalue weighted by molar-refractivity contribution is -0.134. The Balaban J connectivity index is 1.38. The van der Waals surface area contributed by atoms with E-state index in [1.807, 2.05) is 96.8 Å². The van der Waals surface area contributed by atoms with Gasteiger partial charge in [-0.05, 0) is 85.3 Å². The summed E-state index contributed by atoms with van der Waals surface area (Å²) < 4.78 is 5.35. The topological polar surface area (TPSA) is 58.6 Å². The molecule has 0 radical (unpaired) electrons. The lowest BCUT2D eigenvalue weighted by Crippen LogP contribution is -2.41. The Morgan fingerprint density at radius 2 is 1.32 bits per heavy atom. The van der Waals surface area contributed by atoms with Gasteiger partial charge in [0.05, 0.1) is 0 Å². The molecule has 0 aliphatic carbocycles. The number of hydrogen-bond donors (Lipinski definition) is 1. The van der Waals surface area contributed by atoms with Crippen molar-refractivity contribution in [1.29, 1.82) is 0 Å². The van der Waals surface area contributed by atoms with Crippen LogP contribution in [-0.4, -0.2) is 25.1 Å². The van der Waals surface area contributed by atoms with Crippen LogP contribution in [-0.2, 0) is 17.6 Å². The number of hydrogen-bond acceptors (Lipinski definition) is 4. The second kappa shape index (κ2) is 15.5. The third-order valence-electron chi connectivity index (χ3n) is 6.36. The Bertz CT molecular complexity index is 1330. The molecular formula is C34H36N2O3S. The Labute approximate surface area is 241 Å². The number of nitrogens with zero attached hydrogens (tertiary/aromatic N) is 1. The number of rotatable bonds is 13. The van der Waals surface area contributed by atoms with Crippen LogP contribution in [0.2, 0.25) is 0 Å². The summed E-state index contributed by atoms with van der Waals surface area (Å²) in [5.74, 6) is 0.346. The monoisotopic (exact) mass is 552 g/mol. The van der Waals surface area contributed by atoms with E-state index < -0.39 is 0 Å². The van der Waals surface area contributed by atoms with Crippen molar-refractivity contribution in [3.8, 4) is 5.75 Å². The highest BCUT2D eigenvalue weighted by molar-refractivity contribution is 7.99. The quantitative estimate of drug-likeness (QED) is 0.135. The number of benzene rings is 4. The summed E-state index contributed by atoms with van der Waals surface area (Å²) in [6.07, 6.45) is 3.74. The van der Waals surface area contributed by atoms with Crippen LogP contribution in [0.3, 0.4) is 0 Å². The summed E-state index contributed by atoms with van der Waals surface area (Å²) in [7, 11) is 0. The number of anilines is 1. The van der Waals surface area contributed by atoms with Crippen molar-refractivity contribution < 1.29 is 14.3 Å². The molecule has 0 spiro atoms. The van der Waals surface area contributed by atoms with E-state index >= 15 is 0 Å². The highest BCUT2D eigenvalue weighted by Gasteiger charge is 2.15. The van der Waals surface area contributed by atoms with Crippen LogP contribution >= 0.6 is 11.8 Å². The third-order valence-corrected chi connectivity index (χ3v) is 7.38. The minimum absolute atomic E-state index is 0.0856. The molecule has 206 valence electrons. The summed E-state index contributed by atoms with van der Waals surface area (Å²) >= 11 is 1.62. The fourth-order valence-corrected chi connectivity index (χ4v) is 5.10. The molecule has 1 N–H and O–H groups in total. The van der Waals surface area contributed by atoms with Crippen molar-refractivity contribution in [2.75, 3.05) is 18.0 Å². The number of carbonyl (C=O) groups is 2. The van der Waals surface area contributed by atoms with Gasteiger partial charge in [-0.2, -0.15) is 0 Å². The van der Waals surface area contributed by atoms with Crippen molar-refractivity contribution in [2.45, 2.75) is 48.8 Å². The average Bonchev–Trinajstić information content (AvgIpc) is 2.98.